The van der Waals surface area contributed by atoms with Crippen molar-refractivity contribution in [1.29, 1.82) is 5.26 Å². The normalized spacial score (nSPS) is 16.6. The van der Waals surface area contributed by atoms with Crippen LogP contribution in [0.3, 0.4) is 0 Å². The van der Waals surface area contributed by atoms with Gasteiger partial charge in [0.1, 0.15) is 6.07 Å². The number of nitrogens with zero attached hydrogens (tertiary/aromatic N) is 3. The Morgan fingerprint density at radius 3 is 2.56 bits per heavy atom. The fourth-order valence-electron chi connectivity index (χ4n) is 2.39. The molecule has 1 aliphatic rings. The summed E-state index contributed by atoms with van der Waals surface area (Å²) in [5.41, 5.74) is 8.12. The molecule has 0 unspecified atom stereocenters. The highest BCUT2D eigenvalue weighted by atomic mass is 15.3. The molecular weight excluding hydrogens is 224 g/mol. The number of benzene rings is 1. The van der Waals surface area contributed by atoms with Crippen molar-refractivity contribution in [1.82, 2.24) is 4.90 Å². The van der Waals surface area contributed by atoms with Crippen LogP contribution in [-0.2, 0) is 0 Å². The maximum Gasteiger partial charge on any atom is 0.101 e. The van der Waals surface area contributed by atoms with Crippen LogP contribution in [0, 0.1) is 11.3 Å². The van der Waals surface area contributed by atoms with Crippen LogP contribution in [0.5, 0.6) is 0 Å². The van der Waals surface area contributed by atoms with E-state index in [1.54, 1.807) is 0 Å². The van der Waals surface area contributed by atoms with Gasteiger partial charge >= 0.3 is 0 Å². The number of hydrogen-bond donors (Lipinski definition) is 1. The molecule has 1 fully saturated rings. The molecule has 0 radical (unpaired) electrons. The van der Waals surface area contributed by atoms with E-state index in [1.165, 1.54) is 13.0 Å². The van der Waals surface area contributed by atoms with Gasteiger partial charge in [0.15, 0.2) is 0 Å². The lowest BCUT2D eigenvalue weighted by molar-refractivity contribution is 0.258. The van der Waals surface area contributed by atoms with E-state index in [-0.39, 0.29) is 0 Å². The van der Waals surface area contributed by atoms with Gasteiger partial charge in [0.05, 0.1) is 11.3 Å². The molecule has 1 aromatic rings. The minimum Gasteiger partial charge on any atom is -0.398 e. The molecule has 18 heavy (non-hydrogen) atoms. The minimum absolute atomic E-state index is 0.559. The summed E-state index contributed by atoms with van der Waals surface area (Å²) in [5.74, 6) is 0. The number of rotatable bonds is 3. The Morgan fingerprint density at radius 2 is 2.00 bits per heavy atom. The van der Waals surface area contributed by atoms with E-state index in [2.05, 4.69) is 22.8 Å². The minimum atomic E-state index is 0.559. The largest absolute Gasteiger partial charge is 0.398 e. The number of piperazine rings is 1. The molecule has 0 saturated carbocycles. The third-order valence-electron chi connectivity index (χ3n) is 3.43. The smallest absolute Gasteiger partial charge is 0.101 e. The average Bonchev–Trinajstić information content (AvgIpc) is 2.40. The second kappa shape index (κ2) is 5.74. The average molecular weight is 244 g/mol. The molecule has 0 atom stereocenters. The lowest BCUT2D eigenvalue weighted by Crippen LogP contribution is -2.46. The van der Waals surface area contributed by atoms with Crippen molar-refractivity contribution >= 4 is 11.4 Å². The molecular formula is C14H20N4. The van der Waals surface area contributed by atoms with Crippen molar-refractivity contribution in [2.45, 2.75) is 13.3 Å². The molecule has 4 heteroatoms. The van der Waals surface area contributed by atoms with Gasteiger partial charge < -0.3 is 10.6 Å². The predicted molar refractivity (Wildman–Crippen MR) is 74.5 cm³/mol. The van der Waals surface area contributed by atoms with Gasteiger partial charge in [-0.25, -0.2) is 0 Å². The summed E-state index contributed by atoms with van der Waals surface area (Å²) in [6.07, 6.45) is 1.21. The van der Waals surface area contributed by atoms with E-state index in [4.69, 9.17) is 11.0 Å². The van der Waals surface area contributed by atoms with E-state index >= 15 is 0 Å². The van der Waals surface area contributed by atoms with Crippen molar-refractivity contribution in [3.63, 3.8) is 0 Å². The molecule has 0 spiro atoms. The predicted octanol–water partition coefficient (Wildman–Crippen LogP) is 1.67. The molecule has 96 valence electrons. The Balaban J connectivity index is 2.02. The fourth-order valence-corrected chi connectivity index (χ4v) is 2.39. The van der Waals surface area contributed by atoms with Gasteiger partial charge in [0.25, 0.3) is 0 Å². The van der Waals surface area contributed by atoms with Gasteiger partial charge in [-0.05, 0) is 31.2 Å². The van der Waals surface area contributed by atoms with Crippen LogP contribution >= 0.6 is 0 Å². The van der Waals surface area contributed by atoms with E-state index < -0.39 is 0 Å². The zero-order chi connectivity index (χ0) is 13.0. The van der Waals surface area contributed by atoms with Gasteiger partial charge in [0, 0.05) is 31.9 Å². The van der Waals surface area contributed by atoms with E-state index in [0.717, 1.165) is 31.9 Å². The Kier molecular flexibility index (Phi) is 4.06. The molecule has 0 aromatic heterocycles. The first-order valence-electron chi connectivity index (χ1n) is 6.51. The van der Waals surface area contributed by atoms with Gasteiger partial charge in [-0.15, -0.1) is 0 Å². The molecule has 0 aliphatic carbocycles. The number of anilines is 2. The van der Waals surface area contributed by atoms with Crippen molar-refractivity contribution in [3.05, 3.63) is 23.8 Å². The number of nitriles is 1. The Hall–Kier alpha value is -1.73. The van der Waals surface area contributed by atoms with E-state index in [9.17, 15) is 0 Å². The van der Waals surface area contributed by atoms with Crippen molar-refractivity contribution < 1.29 is 0 Å². The van der Waals surface area contributed by atoms with E-state index in [0.29, 0.717) is 11.3 Å². The Morgan fingerprint density at radius 1 is 1.28 bits per heavy atom. The van der Waals surface area contributed by atoms with Gasteiger partial charge in [-0.2, -0.15) is 5.26 Å². The van der Waals surface area contributed by atoms with Crippen LogP contribution in [0.15, 0.2) is 18.2 Å². The molecule has 4 nitrogen and oxygen atoms in total. The molecule has 0 bridgehead atoms. The Labute approximate surface area is 109 Å². The van der Waals surface area contributed by atoms with Crippen LogP contribution in [0.1, 0.15) is 18.9 Å². The van der Waals surface area contributed by atoms with Crippen molar-refractivity contribution in [2.24, 2.45) is 0 Å². The maximum atomic E-state index is 8.86. The summed E-state index contributed by atoms with van der Waals surface area (Å²) >= 11 is 0. The Bertz CT molecular complexity index is 442. The summed E-state index contributed by atoms with van der Waals surface area (Å²) in [5, 5.41) is 8.86. The standard InChI is InChI=1S/C14H20N4/c1-2-5-17-6-8-18(9-7-17)13-4-3-12(11-15)14(16)10-13/h3-4,10H,2,5-9,16H2,1H3. The molecule has 1 heterocycles. The quantitative estimate of drug-likeness (QED) is 0.822. The molecule has 1 aliphatic heterocycles. The summed E-state index contributed by atoms with van der Waals surface area (Å²) < 4.78 is 0. The van der Waals surface area contributed by atoms with Crippen LogP contribution in [0.2, 0.25) is 0 Å². The van der Waals surface area contributed by atoms with Gasteiger partial charge in [-0.3, -0.25) is 4.90 Å². The summed E-state index contributed by atoms with van der Waals surface area (Å²) in [7, 11) is 0. The zero-order valence-corrected chi connectivity index (χ0v) is 10.9. The van der Waals surface area contributed by atoms with E-state index in [1.807, 2.05) is 18.2 Å². The van der Waals surface area contributed by atoms with Crippen LogP contribution < -0.4 is 10.6 Å². The fraction of sp³-hybridized carbons (Fsp3) is 0.500. The lowest BCUT2D eigenvalue weighted by Gasteiger charge is -2.36. The highest BCUT2D eigenvalue weighted by Crippen LogP contribution is 2.22. The second-order valence-electron chi connectivity index (χ2n) is 4.71. The molecule has 2 N–H and O–H groups in total. The summed E-state index contributed by atoms with van der Waals surface area (Å²) in [6.45, 7) is 7.68. The molecule has 2 rings (SSSR count). The van der Waals surface area contributed by atoms with Gasteiger partial charge in [-0.1, -0.05) is 6.92 Å². The maximum absolute atomic E-state index is 8.86. The topological polar surface area (TPSA) is 56.3 Å². The molecule has 1 saturated heterocycles. The third-order valence-corrected chi connectivity index (χ3v) is 3.43. The highest BCUT2D eigenvalue weighted by molar-refractivity contribution is 5.63. The third kappa shape index (κ3) is 2.74. The zero-order valence-electron chi connectivity index (χ0n) is 10.9. The lowest BCUT2D eigenvalue weighted by atomic mass is 10.1. The number of nitrogen functional groups attached to an aromatic ring is 1. The molecule has 1 aromatic carbocycles. The first-order valence-corrected chi connectivity index (χ1v) is 6.51. The highest BCUT2D eigenvalue weighted by Gasteiger charge is 2.16. The first-order chi connectivity index (χ1) is 8.74. The SMILES string of the molecule is CCCN1CCN(c2ccc(C#N)c(N)c2)CC1. The number of hydrogen-bond acceptors (Lipinski definition) is 4. The van der Waals surface area contributed by atoms with Crippen molar-refractivity contribution in [2.75, 3.05) is 43.4 Å². The van der Waals surface area contributed by atoms with Crippen LogP contribution in [0.25, 0.3) is 0 Å². The van der Waals surface area contributed by atoms with Crippen molar-refractivity contribution in [3.8, 4) is 6.07 Å². The summed E-state index contributed by atoms with van der Waals surface area (Å²) in [4.78, 5) is 4.83. The second-order valence-corrected chi connectivity index (χ2v) is 4.71. The molecule has 0 amide bonds. The van der Waals surface area contributed by atoms with Gasteiger partial charge in [0.2, 0.25) is 0 Å². The van der Waals surface area contributed by atoms with Crippen LogP contribution in [0.4, 0.5) is 11.4 Å². The van der Waals surface area contributed by atoms with Crippen LogP contribution in [-0.4, -0.2) is 37.6 Å². The monoisotopic (exact) mass is 244 g/mol. The summed E-state index contributed by atoms with van der Waals surface area (Å²) in [6, 6.07) is 7.81. The number of nitrogens with two attached hydrogens (primary N) is 1. The first kappa shape index (κ1) is 12.7.